The minimum absolute atomic E-state index is 0.0207. The zero-order chi connectivity index (χ0) is 26.4. The number of hydrogen-bond acceptors (Lipinski definition) is 7. The second-order valence-corrected chi connectivity index (χ2v) is 9.70. The van der Waals surface area contributed by atoms with Crippen molar-refractivity contribution in [2.45, 2.75) is 45.1 Å². The summed E-state index contributed by atoms with van der Waals surface area (Å²) < 4.78 is 5.52. The summed E-state index contributed by atoms with van der Waals surface area (Å²) in [5.74, 6) is 0.423. The molecule has 0 bridgehead atoms. The second-order valence-electron chi connectivity index (χ2n) is 9.70. The van der Waals surface area contributed by atoms with Crippen molar-refractivity contribution in [2.75, 3.05) is 51.8 Å². The summed E-state index contributed by atoms with van der Waals surface area (Å²) in [5.41, 5.74) is 6.13. The lowest BCUT2D eigenvalue weighted by molar-refractivity contribution is -0.128. The molecule has 1 amide bonds. The van der Waals surface area contributed by atoms with E-state index >= 15 is 0 Å². The van der Waals surface area contributed by atoms with Gasteiger partial charge in [0.2, 0.25) is 5.91 Å². The lowest BCUT2D eigenvalue weighted by Crippen LogP contribution is -2.46. The number of aryl methyl sites for hydroxylation is 1. The van der Waals surface area contributed by atoms with Gasteiger partial charge < -0.3 is 25.2 Å². The SMILES string of the molecule is CN=C/C(=C\NC)c1cc2c(cc1C#N)N(C(=N)C1=C(NC3CCOCC3)CCN(C(C)=O)C1)CCC2. The van der Waals surface area contributed by atoms with E-state index in [0.717, 1.165) is 72.6 Å². The Hall–Kier alpha value is -3.64. The summed E-state index contributed by atoms with van der Waals surface area (Å²) >= 11 is 0. The van der Waals surface area contributed by atoms with E-state index in [0.29, 0.717) is 43.5 Å². The van der Waals surface area contributed by atoms with Gasteiger partial charge in [0, 0.05) is 100 Å². The number of nitrogens with one attached hydrogen (secondary N) is 3. The molecule has 0 saturated carbocycles. The van der Waals surface area contributed by atoms with Gasteiger partial charge in [-0.15, -0.1) is 0 Å². The second kappa shape index (κ2) is 12.1. The number of nitriles is 1. The quantitative estimate of drug-likeness (QED) is 0.406. The molecular formula is C28H37N7O2. The molecule has 1 aromatic carbocycles. The number of allylic oxidation sites excluding steroid dienone is 1. The third kappa shape index (κ3) is 5.86. The van der Waals surface area contributed by atoms with Crippen LogP contribution < -0.4 is 15.5 Å². The van der Waals surface area contributed by atoms with E-state index in [9.17, 15) is 15.5 Å². The monoisotopic (exact) mass is 503 g/mol. The Labute approximate surface area is 219 Å². The number of fused-ring (bicyclic) bond motifs is 1. The van der Waals surface area contributed by atoms with Crippen LogP contribution in [0.15, 0.2) is 34.6 Å². The average Bonchev–Trinajstić information content (AvgIpc) is 2.92. The topological polar surface area (TPSA) is 117 Å². The Balaban J connectivity index is 1.72. The Morgan fingerprint density at radius 3 is 2.73 bits per heavy atom. The van der Waals surface area contributed by atoms with Gasteiger partial charge in [-0.25, -0.2) is 0 Å². The van der Waals surface area contributed by atoms with Crippen molar-refractivity contribution in [2.24, 2.45) is 4.99 Å². The van der Waals surface area contributed by atoms with E-state index in [1.54, 1.807) is 20.2 Å². The molecule has 9 heteroatoms. The van der Waals surface area contributed by atoms with Gasteiger partial charge in [0.15, 0.2) is 0 Å². The van der Waals surface area contributed by atoms with Gasteiger partial charge in [0.25, 0.3) is 0 Å². The average molecular weight is 504 g/mol. The number of anilines is 1. The predicted octanol–water partition coefficient (Wildman–Crippen LogP) is 2.82. The first-order chi connectivity index (χ1) is 18.0. The van der Waals surface area contributed by atoms with E-state index in [-0.39, 0.29) is 5.91 Å². The van der Waals surface area contributed by atoms with Crippen LogP contribution in [-0.4, -0.2) is 75.8 Å². The minimum atomic E-state index is 0.0207. The van der Waals surface area contributed by atoms with Crippen molar-refractivity contribution in [3.63, 3.8) is 0 Å². The number of amidine groups is 1. The molecule has 0 radical (unpaired) electrons. The van der Waals surface area contributed by atoms with Crippen molar-refractivity contribution in [1.82, 2.24) is 15.5 Å². The van der Waals surface area contributed by atoms with Crippen LogP contribution in [0.5, 0.6) is 0 Å². The highest BCUT2D eigenvalue weighted by Gasteiger charge is 2.30. The normalized spacial score (nSPS) is 19.0. The molecule has 3 heterocycles. The van der Waals surface area contributed by atoms with E-state index in [1.165, 1.54) is 0 Å². The Bertz CT molecular complexity index is 1170. The number of aliphatic imine (C=N–C) groups is 1. The molecule has 1 saturated heterocycles. The van der Waals surface area contributed by atoms with Crippen LogP contribution in [0.3, 0.4) is 0 Å². The van der Waals surface area contributed by atoms with Crippen molar-refractivity contribution < 1.29 is 9.53 Å². The summed E-state index contributed by atoms with van der Waals surface area (Å²) in [7, 11) is 3.54. The summed E-state index contributed by atoms with van der Waals surface area (Å²) in [6.07, 6.45) is 7.94. The third-order valence-corrected chi connectivity index (χ3v) is 7.28. The highest BCUT2D eigenvalue weighted by Crippen LogP contribution is 2.34. The molecule has 0 aliphatic carbocycles. The molecule has 3 aliphatic rings. The molecule has 196 valence electrons. The number of carbonyl (C=O) groups is 1. The van der Waals surface area contributed by atoms with Crippen molar-refractivity contribution in [3.05, 3.63) is 46.3 Å². The predicted molar refractivity (Wildman–Crippen MR) is 147 cm³/mol. The van der Waals surface area contributed by atoms with Crippen LogP contribution in [0, 0.1) is 16.7 Å². The molecule has 1 fully saturated rings. The maximum Gasteiger partial charge on any atom is 0.219 e. The molecule has 9 nitrogen and oxygen atoms in total. The first-order valence-corrected chi connectivity index (χ1v) is 13.0. The highest BCUT2D eigenvalue weighted by atomic mass is 16.5. The van der Waals surface area contributed by atoms with Crippen LogP contribution in [0.4, 0.5) is 5.69 Å². The molecular weight excluding hydrogens is 466 g/mol. The standard InChI is InChI=1S/C28H37N7O2/c1-19(36)34-10-6-26(33-23-7-11-37-12-8-23)25(18-34)28(30)35-9-4-5-20-13-24(21(15-29)14-27(20)35)22(16-31-2)17-32-3/h13-14,16-17,23,30-31,33H,4-12,18H2,1-3H3/b22-16+,30-28?,32-17?. The lowest BCUT2D eigenvalue weighted by Gasteiger charge is -2.38. The van der Waals surface area contributed by atoms with Crippen LogP contribution in [0.1, 0.15) is 49.3 Å². The van der Waals surface area contributed by atoms with Gasteiger partial charge in [-0.1, -0.05) is 0 Å². The zero-order valence-electron chi connectivity index (χ0n) is 22.1. The Morgan fingerprint density at radius 1 is 1.27 bits per heavy atom. The fourth-order valence-corrected chi connectivity index (χ4v) is 5.34. The van der Waals surface area contributed by atoms with E-state index < -0.39 is 0 Å². The zero-order valence-corrected chi connectivity index (χ0v) is 22.1. The largest absolute Gasteiger partial charge is 0.393 e. The first-order valence-electron chi connectivity index (χ1n) is 13.0. The summed E-state index contributed by atoms with van der Waals surface area (Å²) in [6.45, 7) is 4.82. The van der Waals surface area contributed by atoms with Crippen LogP contribution in [0.25, 0.3) is 5.57 Å². The smallest absolute Gasteiger partial charge is 0.219 e. The number of hydrogen-bond donors (Lipinski definition) is 3. The van der Waals surface area contributed by atoms with E-state index in [1.807, 2.05) is 29.1 Å². The summed E-state index contributed by atoms with van der Waals surface area (Å²) in [6, 6.07) is 6.64. The van der Waals surface area contributed by atoms with E-state index in [2.05, 4.69) is 27.8 Å². The fraction of sp³-hybridized carbons (Fsp3) is 0.500. The number of benzene rings is 1. The van der Waals surface area contributed by atoms with Crippen molar-refractivity contribution in [3.8, 4) is 6.07 Å². The maximum atomic E-state index is 12.3. The maximum absolute atomic E-state index is 12.3. The number of amides is 1. The fourth-order valence-electron chi connectivity index (χ4n) is 5.34. The van der Waals surface area contributed by atoms with Gasteiger partial charge in [-0.3, -0.25) is 15.2 Å². The summed E-state index contributed by atoms with van der Waals surface area (Å²) in [5, 5.41) is 26.1. The molecule has 1 aromatic rings. The molecule has 0 atom stereocenters. The van der Waals surface area contributed by atoms with Gasteiger partial charge in [-0.05, 0) is 43.4 Å². The summed E-state index contributed by atoms with van der Waals surface area (Å²) in [4.78, 5) is 20.2. The number of carbonyl (C=O) groups excluding carboxylic acids is 1. The van der Waals surface area contributed by atoms with Crippen LogP contribution in [-0.2, 0) is 16.0 Å². The molecule has 0 unspecified atom stereocenters. The van der Waals surface area contributed by atoms with E-state index in [4.69, 9.17) is 4.74 Å². The van der Waals surface area contributed by atoms with Crippen molar-refractivity contribution in [1.29, 1.82) is 10.7 Å². The van der Waals surface area contributed by atoms with Crippen LogP contribution >= 0.6 is 0 Å². The van der Waals surface area contributed by atoms with Crippen molar-refractivity contribution >= 4 is 29.2 Å². The molecule has 3 N–H and O–H groups in total. The Kier molecular flexibility index (Phi) is 8.62. The lowest BCUT2D eigenvalue weighted by atomic mass is 9.92. The van der Waals surface area contributed by atoms with Gasteiger partial charge >= 0.3 is 0 Å². The minimum Gasteiger partial charge on any atom is -0.393 e. The third-order valence-electron chi connectivity index (χ3n) is 7.28. The van der Waals surface area contributed by atoms with Gasteiger partial charge in [0.1, 0.15) is 5.84 Å². The number of rotatable bonds is 6. The van der Waals surface area contributed by atoms with Gasteiger partial charge in [0.05, 0.1) is 18.2 Å². The highest BCUT2D eigenvalue weighted by molar-refractivity contribution is 6.12. The first kappa shape index (κ1) is 26.4. The molecule has 0 spiro atoms. The number of ether oxygens (including phenoxy) is 1. The Morgan fingerprint density at radius 2 is 2.05 bits per heavy atom. The van der Waals surface area contributed by atoms with Crippen LogP contribution in [0.2, 0.25) is 0 Å². The number of nitrogens with zero attached hydrogens (tertiary/aromatic N) is 4. The molecule has 3 aliphatic heterocycles. The molecule has 37 heavy (non-hydrogen) atoms. The molecule has 4 rings (SSSR count). The van der Waals surface area contributed by atoms with Gasteiger partial charge in [-0.2, -0.15) is 5.26 Å². The molecule has 0 aromatic heterocycles.